The van der Waals surface area contributed by atoms with Crippen molar-refractivity contribution in [3.63, 3.8) is 0 Å². The average molecular weight is 276 g/mol. The van der Waals surface area contributed by atoms with E-state index in [-0.39, 0.29) is 5.91 Å². The Morgan fingerprint density at radius 3 is 3.10 bits per heavy atom. The summed E-state index contributed by atoms with van der Waals surface area (Å²) in [6.07, 6.45) is 7.00. The molecule has 20 heavy (non-hydrogen) atoms. The highest BCUT2D eigenvalue weighted by atomic mass is 16.1. The topological polar surface area (TPSA) is 72.9 Å². The second-order valence-electron chi connectivity index (χ2n) is 5.67. The third kappa shape index (κ3) is 3.85. The van der Waals surface area contributed by atoms with Crippen molar-refractivity contribution in [2.75, 3.05) is 11.9 Å². The number of aromatic nitrogens is 2. The van der Waals surface area contributed by atoms with Crippen molar-refractivity contribution < 1.29 is 4.79 Å². The lowest BCUT2D eigenvalue weighted by molar-refractivity contribution is -0.118. The summed E-state index contributed by atoms with van der Waals surface area (Å²) < 4.78 is 1.75. The highest BCUT2D eigenvalue weighted by molar-refractivity contribution is 5.73. The first-order valence-electron chi connectivity index (χ1n) is 7.28. The number of nitrogens with two attached hydrogens (primary N) is 1. The first kappa shape index (κ1) is 14.6. The predicted molar refractivity (Wildman–Crippen MR) is 80.2 cm³/mol. The van der Waals surface area contributed by atoms with Gasteiger partial charge in [0.1, 0.15) is 5.82 Å². The fourth-order valence-corrected chi connectivity index (χ4v) is 2.76. The van der Waals surface area contributed by atoms with Gasteiger partial charge in [0.05, 0.1) is 0 Å². The molecule has 0 saturated heterocycles. The highest BCUT2D eigenvalue weighted by Gasteiger charge is 2.21. The fourth-order valence-electron chi connectivity index (χ4n) is 2.76. The van der Waals surface area contributed by atoms with Crippen LogP contribution in [-0.4, -0.2) is 22.2 Å². The van der Waals surface area contributed by atoms with E-state index in [1.807, 2.05) is 12.3 Å². The maximum Gasteiger partial charge on any atom is 0.219 e. The largest absolute Gasteiger partial charge is 0.370 e. The molecule has 0 aromatic carbocycles. The fraction of sp³-hybridized carbons (Fsp3) is 0.600. The van der Waals surface area contributed by atoms with Gasteiger partial charge in [-0.3, -0.25) is 9.48 Å². The monoisotopic (exact) mass is 276 g/mol. The van der Waals surface area contributed by atoms with Gasteiger partial charge in [-0.1, -0.05) is 18.6 Å². The third-order valence-electron chi connectivity index (χ3n) is 4.09. The van der Waals surface area contributed by atoms with E-state index in [0.29, 0.717) is 24.8 Å². The van der Waals surface area contributed by atoms with Crippen LogP contribution in [0.25, 0.3) is 0 Å². The van der Waals surface area contributed by atoms with E-state index in [0.717, 1.165) is 12.4 Å². The van der Waals surface area contributed by atoms with Crippen molar-refractivity contribution in [2.45, 2.75) is 39.7 Å². The first-order chi connectivity index (χ1) is 9.56. The summed E-state index contributed by atoms with van der Waals surface area (Å²) in [6.45, 7) is 5.98. The molecule has 0 saturated carbocycles. The number of hydrogen-bond donors (Lipinski definition) is 2. The Labute approximate surface area is 120 Å². The summed E-state index contributed by atoms with van der Waals surface area (Å²) in [5.74, 6) is 1.86. The molecule has 1 aliphatic rings. The van der Waals surface area contributed by atoms with Crippen LogP contribution in [0.5, 0.6) is 0 Å². The van der Waals surface area contributed by atoms with Crippen molar-refractivity contribution in [3.05, 3.63) is 23.9 Å². The van der Waals surface area contributed by atoms with Crippen molar-refractivity contribution in [1.29, 1.82) is 0 Å². The zero-order valence-electron chi connectivity index (χ0n) is 12.3. The molecule has 110 valence electrons. The zero-order chi connectivity index (χ0) is 14.5. The minimum atomic E-state index is -0.299. The zero-order valence-corrected chi connectivity index (χ0v) is 12.3. The molecular weight excluding hydrogens is 252 g/mol. The summed E-state index contributed by atoms with van der Waals surface area (Å²) in [5, 5.41) is 7.79. The molecule has 1 heterocycles. The molecule has 0 aliphatic heterocycles. The first-order valence-corrected chi connectivity index (χ1v) is 7.28. The number of nitrogens with zero attached hydrogens (tertiary/aromatic N) is 2. The lowest BCUT2D eigenvalue weighted by Gasteiger charge is -2.28. The van der Waals surface area contributed by atoms with Gasteiger partial charge in [-0.2, -0.15) is 5.10 Å². The van der Waals surface area contributed by atoms with E-state index in [9.17, 15) is 4.79 Å². The summed E-state index contributed by atoms with van der Waals surface area (Å²) in [6, 6.07) is 1.94. The van der Waals surface area contributed by atoms with Crippen LogP contribution >= 0.6 is 0 Å². The van der Waals surface area contributed by atoms with Crippen LogP contribution in [0.4, 0.5) is 5.82 Å². The molecule has 0 radical (unpaired) electrons. The molecule has 2 rings (SSSR count). The Hall–Kier alpha value is -1.78. The smallest absolute Gasteiger partial charge is 0.219 e. The Bertz CT molecular complexity index is 492. The van der Waals surface area contributed by atoms with Crippen molar-refractivity contribution in [2.24, 2.45) is 17.6 Å². The summed E-state index contributed by atoms with van der Waals surface area (Å²) in [4.78, 5) is 10.7. The summed E-state index contributed by atoms with van der Waals surface area (Å²) in [7, 11) is 0. The van der Waals surface area contributed by atoms with Crippen molar-refractivity contribution >= 4 is 11.7 Å². The van der Waals surface area contributed by atoms with E-state index >= 15 is 0 Å². The molecule has 2 atom stereocenters. The van der Waals surface area contributed by atoms with Crippen LogP contribution in [0.2, 0.25) is 0 Å². The molecule has 3 N–H and O–H groups in total. The van der Waals surface area contributed by atoms with Crippen LogP contribution < -0.4 is 11.1 Å². The van der Waals surface area contributed by atoms with Crippen molar-refractivity contribution in [3.8, 4) is 0 Å². The van der Waals surface area contributed by atoms with E-state index in [4.69, 9.17) is 5.73 Å². The van der Waals surface area contributed by atoms with Gasteiger partial charge in [0.25, 0.3) is 0 Å². The Balaban J connectivity index is 1.86. The predicted octanol–water partition coefficient (Wildman–Crippen LogP) is 2.16. The van der Waals surface area contributed by atoms with Gasteiger partial charge in [0.15, 0.2) is 0 Å². The lowest BCUT2D eigenvalue weighted by atomic mass is 9.80. The molecule has 1 aliphatic carbocycles. The molecule has 0 bridgehead atoms. The minimum absolute atomic E-state index is 0.299. The molecule has 0 unspecified atom stereocenters. The van der Waals surface area contributed by atoms with Gasteiger partial charge in [-0.15, -0.1) is 0 Å². The third-order valence-corrected chi connectivity index (χ3v) is 4.09. The molecule has 0 fully saturated rings. The average Bonchev–Trinajstić information content (AvgIpc) is 2.84. The number of aryl methyl sites for hydroxylation is 1. The number of rotatable bonds is 6. The van der Waals surface area contributed by atoms with E-state index in [1.54, 1.807) is 4.68 Å². The van der Waals surface area contributed by atoms with Crippen LogP contribution in [0.3, 0.4) is 0 Å². The molecular formula is C15H24N4O. The van der Waals surface area contributed by atoms with Gasteiger partial charge in [0, 0.05) is 31.8 Å². The van der Waals surface area contributed by atoms with Crippen LogP contribution in [-0.2, 0) is 11.3 Å². The standard InChI is InChI=1S/C15H24N4O/c1-11-4-3-5-12(2)13(11)10-17-15-7-9-19(18-15)8-6-14(16)20/h4,7,9,12-13H,3,5-6,8,10H2,1-2H3,(H2,16,20)(H,17,18)/t12-,13-/m0/s1. The van der Waals surface area contributed by atoms with Gasteiger partial charge in [-0.25, -0.2) is 0 Å². The summed E-state index contributed by atoms with van der Waals surface area (Å²) in [5.41, 5.74) is 6.61. The second-order valence-corrected chi connectivity index (χ2v) is 5.67. The minimum Gasteiger partial charge on any atom is -0.370 e. The van der Waals surface area contributed by atoms with Crippen LogP contribution in [0.15, 0.2) is 23.9 Å². The number of nitrogens with one attached hydrogen (secondary N) is 1. The van der Waals surface area contributed by atoms with Gasteiger partial charge < -0.3 is 11.1 Å². The number of carbonyl (C=O) groups excluding carboxylic acids is 1. The van der Waals surface area contributed by atoms with E-state index in [1.165, 1.54) is 18.4 Å². The molecule has 0 spiro atoms. The Morgan fingerprint density at radius 1 is 1.60 bits per heavy atom. The molecule has 5 nitrogen and oxygen atoms in total. The Kier molecular flexibility index (Phi) is 4.82. The van der Waals surface area contributed by atoms with E-state index < -0.39 is 0 Å². The van der Waals surface area contributed by atoms with Gasteiger partial charge in [-0.05, 0) is 31.6 Å². The van der Waals surface area contributed by atoms with Crippen LogP contribution in [0.1, 0.15) is 33.1 Å². The number of carbonyl (C=O) groups is 1. The number of allylic oxidation sites excluding steroid dienone is 1. The van der Waals surface area contributed by atoms with Crippen molar-refractivity contribution in [1.82, 2.24) is 9.78 Å². The van der Waals surface area contributed by atoms with Gasteiger partial charge in [0.2, 0.25) is 5.91 Å². The van der Waals surface area contributed by atoms with Crippen LogP contribution in [0, 0.1) is 11.8 Å². The number of primary amides is 1. The number of anilines is 1. The quantitative estimate of drug-likeness (QED) is 0.782. The lowest BCUT2D eigenvalue weighted by Crippen LogP contribution is -2.25. The maximum absolute atomic E-state index is 10.7. The van der Waals surface area contributed by atoms with Gasteiger partial charge >= 0.3 is 0 Å². The molecule has 1 aromatic rings. The molecule has 1 amide bonds. The Morgan fingerprint density at radius 2 is 2.40 bits per heavy atom. The maximum atomic E-state index is 10.7. The normalized spacial score (nSPS) is 22.4. The molecule has 1 aromatic heterocycles. The second kappa shape index (κ2) is 6.59. The van der Waals surface area contributed by atoms with E-state index in [2.05, 4.69) is 30.3 Å². The highest BCUT2D eigenvalue weighted by Crippen LogP contribution is 2.30. The summed E-state index contributed by atoms with van der Waals surface area (Å²) >= 11 is 0. The molecule has 5 heteroatoms. The number of hydrogen-bond acceptors (Lipinski definition) is 3. The number of amides is 1. The SMILES string of the molecule is CC1=CCC[C@H](C)[C@H]1CNc1ccn(CCC(N)=O)n1.